The standard InChI is InChI=1S/C10H21NOS/c1-2-13-7-3-6-12-10-5-4-9(11)8-10/h9-10H,2-8,11H2,1H3. The molecule has 0 aromatic rings. The lowest BCUT2D eigenvalue weighted by molar-refractivity contribution is 0.0585. The lowest BCUT2D eigenvalue weighted by Gasteiger charge is -2.10. The first-order chi connectivity index (χ1) is 6.33. The average Bonchev–Trinajstić information content (AvgIpc) is 2.51. The highest BCUT2D eigenvalue weighted by atomic mass is 32.2. The second-order valence-corrected chi connectivity index (χ2v) is 5.01. The van der Waals surface area contributed by atoms with E-state index in [-0.39, 0.29) is 0 Å². The second kappa shape index (κ2) is 6.68. The van der Waals surface area contributed by atoms with Crippen LogP contribution in [0.4, 0.5) is 0 Å². The molecule has 0 saturated heterocycles. The van der Waals surface area contributed by atoms with Gasteiger partial charge in [0.25, 0.3) is 0 Å². The van der Waals surface area contributed by atoms with E-state index < -0.39 is 0 Å². The van der Waals surface area contributed by atoms with Crippen molar-refractivity contribution in [2.24, 2.45) is 5.73 Å². The number of thioether (sulfide) groups is 1. The van der Waals surface area contributed by atoms with Crippen LogP contribution in [0, 0.1) is 0 Å². The fraction of sp³-hybridized carbons (Fsp3) is 1.00. The number of ether oxygens (including phenoxy) is 1. The molecule has 0 spiro atoms. The molecular formula is C10H21NOS. The Morgan fingerprint density at radius 2 is 2.31 bits per heavy atom. The molecule has 0 aromatic heterocycles. The van der Waals surface area contributed by atoms with Crippen molar-refractivity contribution in [1.82, 2.24) is 0 Å². The molecule has 13 heavy (non-hydrogen) atoms. The topological polar surface area (TPSA) is 35.2 Å². The van der Waals surface area contributed by atoms with Crippen LogP contribution in [0.25, 0.3) is 0 Å². The minimum Gasteiger partial charge on any atom is -0.378 e. The quantitative estimate of drug-likeness (QED) is 0.671. The van der Waals surface area contributed by atoms with E-state index in [0.717, 1.165) is 19.4 Å². The summed E-state index contributed by atoms with van der Waals surface area (Å²) in [5.74, 6) is 2.45. The fourth-order valence-electron chi connectivity index (χ4n) is 1.68. The Bertz CT molecular complexity index is 132. The van der Waals surface area contributed by atoms with Crippen LogP contribution in [0.5, 0.6) is 0 Å². The van der Waals surface area contributed by atoms with E-state index in [4.69, 9.17) is 10.5 Å². The van der Waals surface area contributed by atoms with E-state index >= 15 is 0 Å². The predicted molar refractivity (Wildman–Crippen MR) is 59.2 cm³/mol. The molecule has 1 rings (SSSR count). The smallest absolute Gasteiger partial charge is 0.0590 e. The molecule has 2 N–H and O–H groups in total. The highest BCUT2D eigenvalue weighted by Crippen LogP contribution is 2.20. The Morgan fingerprint density at radius 1 is 1.46 bits per heavy atom. The molecule has 1 saturated carbocycles. The molecule has 78 valence electrons. The van der Waals surface area contributed by atoms with Gasteiger partial charge in [-0.15, -0.1) is 0 Å². The van der Waals surface area contributed by atoms with Crippen LogP contribution in [0.2, 0.25) is 0 Å². The molecule has 0 amide bonds. The summed E-state index contributed by atoms with van der Waals surface area (Å²) in [5.41, 5.74) is 5.79. The van der Waals surface area contributed by atoms with Gasteiger partial charge < -0.3 is 10.5 Å². The Hall–Kier alpha value is 0.270. The summed E-state index contributed by atoms with van der Waals surface area (Å²) >= 11 is 1.99. The molecule has 0 bridgehead atoms. The van der Waals surface area contributed by atoms with E-state index in [0.29, 0.717) is 12.1 Å². The summed E-state index contributed by atoms with van der Waals surface area (Å²) in [6.07, 6.45) is 5.03. The van der Waals surface area contributed by atoms with Gasteiger partial charge in [-0.05, 0) is 37.2 Å². The van der Waals surface area contributed by atoms with Crippen molar-refractivity contribution in [2.75, 3.05) is 18.1 Å². The largest absolute Gasteiger partial charge is 0.378 e. The van der Waals surface area contributed by atoms with E-state index in [1.54, 1.807) is 0 Å². The molecule has 1 aliphatic carbocycles. The van der Waals surface area contributed by atoms with Crippen LogP contribution in [0.1, 0.15) is 32.6 Å². The third-order valence-electron chi connectivity index (χ3n) is 2.42. The summed E-state index contributed by atoms with van der Waals surface area (Å²) in [4.78, 5) is 0. The Balaban J connectivity index is 1.88. The normalized spacial score (nSPS) is 28.2. The second-order valence-electron chi connectivity index (χ2n) is 3.62. The number of hydrogen-bond donors (Lipinski definition) is 1. The first-order valence-corrected chi connectivity index (χ1v) is 6.43. The summed E-state index contributed by atoms with van der Waals surface area (Å²) in [6.45, 7) is 3.12. The van der Waals surface area contributed by atoms with Crippen LogP contribution >= 0.6 is 11.8 Å². The Labute approximate surface area is 85.6 Å². The number of nitrogens with two attached hydrogens (primary N) is 1. The third kappa shape index (κ3) is 4.89. The van der Waals surface area contributed by atoms with Gasteiger partial charge in [0.15, 0.2) is 0 Å². The molecule has 0 radical (unpaired) electrons. The fourth-order valence-corrected chi connectivity index (χ4v) is 2.29. The molecule has 2 nitrogen and oxygen atoms in total. The van der Waals surface area contributed by atoms with Gasteiger partial charge in [-0.25, -0.2) is 0 Å². The molecule has 0 heterocycles. The van der Waals surface area contributed by atoms with Crippen molar-refractivity contribution in [3.05, 3.63) is 0 Å². The van der Waals surface area contributed by atoms with Crippen LogP contribution in [-0.2, 0) is 4.74 Å². The van der Waals surface area contributed by atoms with Crippen LogP contribution in [0.15, 0.2) is 0 Å². The first kappa shape index (κ1) is 11.3. The van der Waals surface area contributed by atoms with Crippen molar-refractivity contribution in [2.45, 2.75) is 44.8 Å². The maximum absolute atomic E-state index is 5.79. The zero-order valence-electron chi connectivity index (χ0n) is 8.50. The predicted octanol–water partition coefficient (Wildman–Crippen LogP) is 2.03. The molecule has 1 aliphatic rings. The van der Waals surface area contributed by atoms with Crippen molar-refractivity contribution >= 4 is 11.8 Å². The van der Waals surface area contributed by atoms with Gasteiger partial charge >= 0.3 is 0 Å². The van der Waals surface area contributed by atoms with E-state index in [1.807, 2.05) is 11.8 Å². The summed E-state index contributed by atoms with van der Waals surface area (Å²) < 4.78 is 5.73. The van der Waals surface area contributed by atoms with Gasteiger partial charge in [-0.3, -0.25) is 0 Å². The van der Waals surface area contributed by atoms with Crippen LogP contribution in [-0.4, -0.2) is 30.3 Å². The molecule has 3 heteroatoms. The number of hydrogen-bond acceptors (Lipinski definition) is 3. The lowest BCUT2D eigenvalue weighted by atomic mass is 10.3. The minimum atomic E-state index is 0.398. The van der Waals surface area contributed by atoms with Gasteiger partial charge in [0.2, 0.25) is 0 Å². The number of rotatable bonds is 6. The van der Waals surface area contributed by atoms with Gasteiger partial charge in [0.1, 0.15) is 0 Å². The zero-order chi connectivity index (χ0) is 9.52. The molecule has 2 unspecified atom stereocenters. The summed E-state index contributed by atoms with van der Waals surface area (Å²) in [7, 11) is 0. The SMILES string of the molecule is CCSCCCOC1CCC(N)C1. The summed E-state index contributed by atoms with van der Waals surface area (Å²) in [5, 5.41) is 0. The van der Waals surface area contributed by atoms with Gasteiger partial charge in [-0.1, -0.05) is 6.92 Å². The van der Waals surface area contributed by atoms with Gasteiger partial charge in [0, 0.05) is 12.6 Å². The Kier molecular flexibility index (Phi) is 5.83. The summed E-state index contributed by atoms with van der Waals surface area (Å²) in [6, 6.07) is 0.398. The Morgan fingerprint density at radius 3 is 2.92 bits per heavy atom. The van der Waals surface area contributed by atoms with Gasteiger partial charge in [0.05, 0.1) is 6.10 Å². The van der Waals surface area contributed by atoms with E-state index in [1.165, 1.54) is 24.3 Å². The van der Waals surface area contributed by atoms with E-state index in [2.05, 4.69) is 6.92 Å². The van der Waals surface area contributed by atoms with Crippen molar-refractivity contribution in [1.29, 1.82) is 0 Å². The monoisotopic (exact) mass is 203 g/mol. The highest BCUT2D eigenvalue weighted by molar-refractivity contribution is 7.99. The minimum absolute atomic E-state index is 0.398. The van der Waals surface area contributed by atoms with Crippen LogP contribution < -0.4 is 5.73 Å². The van der Waals surface area contributed by atoms with Crippen LogP contribution in [0.3, 0.4) is 0 Å². The lowest BCUT2D eigenvalue weighted by Crippen LogP contribution is -2.17. The molecule has 0 aromatic carbocycles. The van der Waals surface area contributed by atoms with Crippen molar-refractivity contribution < 1.29 is 4.74 Å². The van der Waals surface area contributed by atoms with Gasteiger partial charge in [-0.2, -0.15) is 11.8 Å². The van der Waals surface area contributed by atoms with Crippen molar-refractivity contribution in [3.63, 3.8) is 0 Å². The average molecular weight is 203 g/mol. The zero-order valence-corrected chi connectivity index (χ0v) is 9.31. The third-order valence-corrected chi connectivity index (χ3v) is 3.40. The molecular weight excluding hydrogens is 182 g/mol. The molecule has 1 fully saturated rings. The molecule has 2 atom stereocenters. The van der Waals surface area contributed by atoms with Crippen molar-refractivity contribution in [3.8, 4) is 0 Å². The highest BCUT2D eigenvalue weighted by Gasteiger charge is 2.21. The first-order valence-electron chi connectivity index (χ1n) is 5.28. The molecule has 0 aliphatic heterocycles. The van der Waals surface area contributed by atoms with E-state index in [9.17, 15) is 0 Å². The maximum Gasteiger partial charge on any atom is 0.0590 e. The maximum atomic E-state index is 5.79.